The van der Waals surface area contributed by atoms with Crippen LogP contribution < -0.4 is 4.90 Å². The highest BCUT2D eigenvalue weighted by Crippen LogP contribution is 2.42. The van der Waals surface area contributed by atoms with Crippen molar-refractivity contribution in [3.8, 4) is 0 Å². The number of fused-ring (bicyclic) bond motifs is 1. The van der Waals surface area contributed by atoms with Gasteiger partial charge in [-0.05, 0) is 66.5 Å². The van der Waals surface area contributed by atoms with E-state index in [1.807, 2.05) is 65.2 Å². The number of anilines is 1. The molecule has 12 heteroatoms. The third kappa shape index (κ3) is 8.05. The standard InChI is InChI=1S/C33H38IN5O6/c1-22-25(18-44-20-42-16-23-11-7-5-8-12-23)27(45-21-43-17-24-13-9-6-10-14-24)15-26(22)38-19-35-28-29(34)36-31(37-30(28)38)39(32(40)41)33(2,3)4/h5-14,19,25-27H,1,15-18,20-21H2,2-4H3,(H,40,41)/t25-,26-,27-/m0/s1. The summed E-state index contributed by atoms with van der Waals surface area (Å²) in [6.45, 7) is 11.3. The van der Waals surface area contributed by atoms with E-state index in [9.17, 15) is 9.90 Å². The molecule has 3 atom stereocenters. The first kappa shape index (κ1) is 32.9. The van der Waals surface area contributed by atoms with Crippen LogP contribution in [-0.2, 0) is 32.2 Å². The lowest BCUT2D eigenvalue weighted by Crippen LogP contribution is -2.46. The number of benzene rings is 2. The minimum Gasteiger partial charge on any atom is -0.465 e. The summed E-state index contributed by atoms with van der Waals surface area (Å²) in [7, 11) is 0. The van der Waals surface area contributed by atoms with E-state index in [1.165, 1.54) is 0 Å². The molecular formula is C33H38IN5O6. The largest absolute Gasteiger partial charge is 0.465 e. The second kappa shape index (κ2) is 14.8. The first-order valence-corrected chi connectivity index (χ1v) is 15.8. The van der Waals surface area contributed by atoms with Crippen LogP contribution in [0.25, 0.3) is 11.2 Å². The number of amides is 1. The van der Waals surface area contributed by atoms with Crippen molar-refractivity contribution in [1.82, 2.24) is 19.5 Å². The van der Waals surface area contributed by atoms with Gasteiger partial charge in [-0.25, -0.2) is 19.7 Å². The predicted octanol–water partition coefficient (Wildman–Crippen LogP) is 6.58. The minimum atomic E-state index is -1.13. The Labute approximate surface area is 276 Å². The van der Waals surface area contributed by atoms with E-state index in [0.717, 1.165) is 21.6 Å². The topological polar surface area (TPSA) is 121 Å². The molecule has 45 heavy (non-hydrogen) atoms. The van der Waals surface area contributed by atoms with E-state index in [-0.39, 0.29) is 37.6 Å². The Morgan fingerprint density at radius 1 is 1.00 bits per heavy atom. The van der Waals surface area contributed by atoms with Gasteiger partial charge < -0.3 is 28.6 Å². The number of imidazole rings is 1. The van der Waals surface area contributed by atoms with Crippen LogP contribution in [0.3, 0.4) is 0 Å². The summed E-state index contributed by atoms with van der Waals surface area (Å²) in [6, 6.07) is 19.6. The number of hydrogen-bond donors (Lipinski definition) is 1. The van der Waals surface area contributed by atoms with Gasteiger partial charge in [0.25, 0.3) is 0 Å². The van der Waals surface area contributed by atoms with Gasteiger partial charge in [0.15, 0.2) is 5.65 Å². The van der Waals surface area contributed by atoms with E-state index < -0.39 is 11.6 Å². The normalized spacial score (nSPS) is 18.5. The van der Waals surface area contributed by atoms with Gasteiger partial charge in [0.1, 0.15) is 22.8 Å². The third-order valence-corrected chi connectivity index (χ3v) is 8.38. The van der Waals surface area contributed by atoms with Gasteiger partial charge in [-0.3, -0.25) is 0 Å². The van der Waals surface area contributed by atoms with E-state index >= 15 is 0 Å². The molecule has 5 rings (SSSR count). The number of carboxylic acid groups (broad SMARTS) is 1. The fourth-order valence-corrected chi connectivity index (χ4v) is 6.02. The zero-order valence-corrected chi connectivity index (χ0v) is 27.8. The fourth-order valence-electron chi connectivity index (χ4n) is 5.42. The molecule has 1 saturated carbocycles. The Bertz CT molecular complexity index is 1590. The lowest BCUT2D eigenvalue weighted by atomic mass is 10.0. The minimum absolute atomic E-state index is 0.0924. The van der Waals surface area contributed by atoms with Crippen molar-refractivity contribution in [2.75, 3.05) is 25.1 Å². The highest BCUT2D eigenvalue weighted by molar-refractivity contribution is 14.1. The summed E-state index contributed by atoms with van der Waals surface area (Å²) in [4.78, 5) is 27.1. The Morgan fingerprint density at radius 2 is 1.62 bits per heavy atom. The molecule has 0 bridgehead atoms. The molecule has 0 unspecified atom stereocenters. The molecule has 0 spiro atoms. The number of aromatic nitrogens is 4. The van der Waals surface area contributed by atoms with Gasteiger partial charge in [-0.15, -0.1) is 0 Å². The SMILES string of the molecule is C=C1[C@H](COCOCc2ccccc2)[C@@H](OCOCc2ccccc2)C[C@@H]1n1cnc2c(I)nc(N(C(=O)O)C(C)(C)C)nc21. The molecule has 0 radical (unpaired) electrons. The molecule has 2 aromatic heterocycles. The van der Waals surface area contributed by atoms with Gasteiger partial charge in [0, 0.05) is 11.5 Å². The van der Waals surface area contributed by atoms with Crippen LogP contribution in [0.4, 0.5) is 10.7 Å². The number of nitrogens with zero attached hydrogens (tertiary/aromatic N) is 5. The molecular weight excluding hydrogens is 689 g/mol. The van der Waals surface area contributed by atoms with Crippen molar-refractivity contribution in [3.05, 3.63) is 94.0 Å². The summed E-state index contributed by atoms with van der Waals surface area (Å²) < 4.78 is 26.3. The van der Waals surface area contributed by atoms with E-state index in [1.54, 1.807) is 27.1 Å². The van der Waals surface area contributed by atoms with Crippen LogP contribution in [-0.4, -0.2) is 62.6 Å². The third-order valence-electron chi connectivity index (χ3n) is 7.63. The van der Waals surface area contributed by atoms with E-state index in [0.29, 0.717) is 41.1 Å². The number of hydrogen-bond acceptors (Lipinski definition) is 8. The van der Waals surface area contributed by atoms with Crippen LogP contribution in [0.5, 0.6) is 0 Å². The predicted molar refractivity (Wildman–Crippen MR) is 178 cm³/mol. The molecule has 1 N–H and O–H groups in total. The second-order valence-corrected chi connectivity index (χ2v) is 12.9. The lowest BCUT2D eigenvalue weighted by molar-refractivity contribution is -0.122. The number of rotatable bonds is 13. The zero-order chi connectivity index (χ0) is 32.0. The fraction of sp³-hybridized carbons (Fsp3) is 0.394. The van der Waals surface area contributed by atoms with Crippen molar-refractivity contribution in [2.45, 2.75) is 58.1 Å². The van der Waals surface area contributed by atoms with Crippen molar-refractivity contribution in [3.63, 3.8) is 0 Å². The average Bonchev–Trinajstić information content (AvgIpc) is 3.56. The molecule has 0 aliphatic heterocycles. The number of ether oxygens (including phenoxy) is 4. The summed E-state index contributed by atoms with van der Waals surface area (Å²) in [5, 5.41) is 9.98. The van der Waals surface area contributed by atoms with Crippen molar-refractivity contribution < 1.29 is 28.8 Å². The first-order valence-electron chi connectivity index (χ1n) is 14.7. The molecule has 238 valence electrons. The van der Waals surface area contributed by atoms with Gasteiger partial charge in [0.2, 0.25) is 5.95 Å². The van der Waals surface area contributed by atoms with Crippen LogP contribution in [0.15, 0.2) is 79.1 Å². The first-order chi connectivity index (χ1) is 21.6. The van der Waals surface area contributed by atoms with Crippen molar-refractivity contribution in [1.29, 1.82) is 0 Å². The summed E-state index contributed by atoms with van der Waals surface area (Å²) in [6.07, 6.45) is 0.897. The Kier molecular flexibility index (Phi) is 10.8. The summed E-state index contributed by atoms with van der Waals surface area (Å²) in [5.74, 6) is -0.0617. The molecule has 11 nitrogen and oxygen atoms in total. The molecule has 1 aliphatic carbocycles. The number of carbonyl (C=O) groups is 1. The maximum atomic E-state index is 12.2. The second-order valence-electron chi connectivity index (χ2n) is 11.8. The van der Waals surface area contributed by atoms with Crippen LogP contribution >= 0.6 is 22.6 Å². The highest BCUT2D eigenvalue weighted by Gasteiger charge is 2.41. The van der Waals surface area contributed by atoms with Crippen LogP contribution in [0.2, 0.25) is 0 Å². The Morgan fingerprint density at radius 3 is 2.22 bits per heavy atom. The maximum Gasteiger partial charge on any atom is 0.414 e. The molecule has 1 fully saturated rings. The van der Waals surface area contributed by atoms with Gasteiger partial charge >= 0.3 is 6.09 Å². The van der Waals surface area contributed by atoms with Gasteiger partial charge in [-0.1, -0.05) is 67.2 Å². The van der Waals surface area contributed by atoms with Crippen molar-refractivity contribution in [2.24, 2.45) is 5.92 Å². The molecule has 1 amide bonds. The summed E-state index contributed by atoms with van der Waals surface area (Å²) in [5.41, 5.74) is 3.38. The Balaban J connectivity index is 1.33. The van der Waals surface area contributed by atoms with Crippen molar-refractivity contribution >= 4 is 45.8 Å². The molecule has 0 saturated heterocycles. The van der Waals surface area contributed by atoms with E-state index in [4.69, 9.17) is 23.9 Å². The van der Waals surface area contributed by atoms with Crippen LogP contribution in [0, 0.1) is 9.62 Å². The lowest BCUT2D eigenvalue weighted by Gasteiger charge is -2.31. The molecule has 2 heterocycles. The zero-order valence-electron chi connectivity index (χ0n) is 25.6. The Hall–Kier alpha value is -3.43. The monoisotopic (exact) mass is 727 g/mol. The average molecular weight is 728 g/mol. The van der Waals surface area contributed by atoms with Gasteiger partial charge in [-0.2, -0.15) is 4.98 Å². The quantitative estimate of drug-likeness (QED) is 0.0536. The number of halogens is 1. The maximum absolute atomic E-state index is 12.2. The van der Waals surface area contributed by atoms with Crippen LogP contribution in [0.1, 0.15) is 44.4 Å². The van der Waals surface area contributed by atoms with E-state index in [2.05, 4.69) is 39.1 Å². The molecule has 4 aromatic rings. The van der Waals surface area contributed by atoms with Gasteiger partial charge in [0.05, 0.1) is 38.3 Å². The molecule has 2 aromatic carbocycles. The highest BCUT2D eigenvalue weighted by atomic mass is 127. The smallest absolute Gasteiger partial charge is 0.414 e. The molecule has 1 aliphatic rings. The summed E-state index contributed by atoms with van der Waals surface area (Å²) >= 11 is 2.07.